The van der Waals surface area contributed by atoms with Crippen LogP contribution in [0.5, 0.6) is 0 Å². The molecule has 0 fully saturated rings. The number of nitrogens with zero attached hydrogens (tertiary/aromatic N) is 1. The van der Waals surface area contributed by atoms with Gasteiger partial charge in [-0.25, -0.2) is 13.1 Å². The largest absolute Gasteiger partial charge is 0.328 e. The Morgan fingerprint density at radius 2 is 1.81 bits per heavy atom. The smallest absolute Gasteiger partial charge is 0.240 e. The number of aryl methyl sites for hydroxylation is 1. The number of halogens is 1. The van der Waals surface area contributed by atoms with Crippen LogP contribution < -0.4 is 10.5 Å². The van der Waals surface area contributed by atoms with Gasteiger partial charge in [-0.1, -0.05) is 24.1 Å². The molecular weight excluding hydrogens is 370 g/mol. The molecule has 7 heteroatoms. The van der Waals surface area contributed by atoms with Crippen LogP contribution in [0.3, 0.4) is 0 Å². The third-order valence-electron chi connectivity index (χ3n) is 4.18. The van der Waals surface area contributed by atoms with Crippen molar-refractivity contribution in [2.45, 2.75) is 49.5 Å². The highest BCUT2D eigenvalue weighted by atomic mass is 35.5. The van der Waals surface area contributed by atoms with E-state index in [1.54, 1.807) is 18.3 Å². The Hall–Kier alpha value is -1.47. The summed E-state index contributed by atoms with van der Waals surface area (Å²) >= 11 is 5.78. The van der Waals surface area contributed by atoms with Crippen molar-refractivity contribution >= 4 is 21.6 Å². The molecule has 1 heterocycles. The van der Waals surface area contributed by atoms with Crippen LogP contribution in [0.1, 0.15) is 37.7 Å². The van der Waals surface area contributed by atoms with Crippen LogP contribution >= 0.6 is 11.6 Å². The molecular formula is C19H26ClN3O2S. The van der Waals surface area contributed by atoms with Crippen molar-refractivity contribution in [1.29, 1.82) is 0 Å². The number of hydrogen-bond donors (Lipinski definition) is 2. The highest BCUT2D eigenvalue weighted by molar-refractivity contribution is 7.89. The molecule has 0 spiro atoms. The molecule has 0 amide bonds. The standard InChI is InChI=1S/C19H26ClN3O2S/c20-17-9-11-19(12-10-17)26(24,25)23-14-2-1-7-18(21)8-3-5-16-6-4-13-22-15-16/h4,6,9-13,15,18,23H,1-3,5,7-8,14,21H2. The number of unbranched alkanes of at least 4 members (excludes halogenated alkanes) is 1. The molecule has 0 aliphatic rings. The molecule has 0 radical (unpaired) electrons. The fraction of sp³-hybridized carbons (Fsp3) is 0.421. The van der Waals surface area contributed by atoms with Gasteiger partial charge < -0.3 is 5.73 Å². The molecule has 5 nitrogen and oxygen atoms in total. The molecule has 1 atom stereocenters. The quantitative estimate of drug-likeness (QED) is 0.570. The average Bonchev–Trinajstić information content (AvgIpc) is 2.62. The molecule has 0 bridgehead atoms. The summed E-state index contributed by atoms with van der Waals surface area (Å²) in [6.45, 7) is 0.410. The molecule has 0 saturated carbocycles. The van der Waals surface area contributed by atoms with E-state index < -0.39 is 10.0 Å². The van der Waals surface area contributed by atoms with Gasteiger partial charge in [0.2, 0.25) is 10.0 Å². The Bertz CT molecular complexity index is 752. The summed E-state index contributed by atoms with van der Waals surface area (Å²) in [5.41, 5.74) is 7.38. The van der Waals surface area contributed by atoms with E-state index in [9.17, 15) is 8.42 Å². The monoisotopic (exact) mass is 395 g/mol. The van der Waals surface area contributed by atoms with Crippen molar-refractivity contribution in [3.8, 4) is 0 Å². The van der Waals surface area contributed by atoms with Gasteiger partial charge >= 0.3 is 0 Å². The number of pyridine rings is 1. The maximum atomic E-state index is 12.1. The zero-order valence-electron chi connectivity index (χ0n) is 14.8. The van der Waals surface area contributed by atoms with Gasteiger partial charge in [-0.15, -0.1) is 0 Å². The van der Waals surface area contributed by atoms with E-state index in [1.807, 2.05) is 12.3 Å². The van der Waals surface area contributed by atoms with Gasteiger partial charge in [-0.05, 0) is 68.0 Å². The number of aromatic nitrogens is 1. The van der Waals surface area contributed by atoms with Crippen LogP contribution in [0.4, 0.5) is 0 Å². The second-order valence-corrected chi connectivity index (χ2v) is 8.56. The molecule has 142 valence electrons. The number of sulfonamides is 1. The van der Waals surface area contributed by atoms with Gasteiger partial charge in [0.25, 0.3) is 0 Å². The Morgan fingerprint density at radius 1 is 1.08 bits per heavy atom. The Kier molecular flexibility index (Phi) is 8.51. The topological polar surface area (TPSA) is 85.1 Å². The maximum Gasteiger partial charge on any atom is 0.240 e. The lowest BCUT2D eigenvalue weighted by atomic mass is 10.0. The minimum atomic E-state index is -3.47. The van der Waals surface area contributed by atoms with Gasteiger partial charge in [0.05, 0.1) is 4.90 Å². The Morgan fingerprint density at radius 3 is 2.50 bits per heavy atom. The lowest BCUT2D eigenvalue weighted by molar-refractivity contribution is 0.512. The van der Waals surface area contributed by atoms with Crippen molar-refractivity contribution in [3.63, 3.8) is 0 Å². The molecule has 2 rings (SSSR count). The number of nitrogens with one attached hydrogen (secondary N) is 1. The highest BCUT2D eigenvalue weighted by Crippen LogP contribution is 2.14. The maximum absolute atomic E-state index is 12.1. The van der Waals surface area contributed by atoms with Crippen LogP contribution in [-0.2, 0) is 16.4 Å². The van der Waals surface area contributed by atoms with Gasteiger partial charge in [-0.2, -0.15) is 0 Å². The fourth-order valence-corrected chi connectivity index (χ4v) is 3.89. The van der Waals surface area contributed by atoms with E-state index in [0.29, 0.717) is 11.6 Å². The predicted molar refractivity (Wildman–Crippen MR) is 106 cm³/mol. The SMILES string of the molecule is NC(CCCCNS(=O)(=O)c1ccc(Cl)cc1)CCCc1cccnc1. The van der Waals surface area contributed by atoms with Gasteiger partial charge in [-0.3, -0.25) is 4.98 Å². The molecule has 0 saturated heterocycles. The number of benzene rings is 1. The second kappa shape index (κ2) is 10.6. The van der Waals surface area contributed by atoms with Crippen LogP contribution in [0, 0.1) is 0 Å². The molecule has 2 aromatic rings. The first kappa shape index (κ1) is 20.8. The van der Waals surface area contributed by atoms with E-state index in [1.165, 1.54) is 17.7 Å². The van der Waals surface area contributed by atoms with Crippen LogP contribution in [-0.4, -0.2) is 26.0 Å². The molecule has 0 aliphatic carbocycles. The Labute approximate surface area is 161 Å². The minimum Gasteiger partial charge on any atom is -0.328 e. The summed E-state index contributed by atoms with van der Waals surface area (Å²) in [7, 11) is -3.47. The first-order valence-electron chi connectivity index (χ1n) is 8.87. The minimum absolute atomic E-state index is 0.152. The van der Waals surface area contributed by atoms with E-state index >= 15 is 0 Å². The predicted octanol–water partition coefficient (Wildman–Crippen LogP) is 3.53. The second-order valence-electron chi connectivity index (χ2n) is 6.36. The summed E-state index contributed by atoms with van der Waals surface area (Å²) in [4.78, 5) is 4.34. The average molecular weight is 396 g/mol. The summed E-state index contributed by atoms with van der Waals surface area (Å²) in [5.74, 6) is 0. The van der Waals surface area contributed by atoms with Crippen molar-refractivity contribution in [3.05, 3.63) is 59.4 Å². The first-order valence-corrected chi connectivity index (χ1v) is 10.7. The van der Waals surface area contributed by atoms with Crippen molar-refractivity contribution in [1.82, 2.24) is 9.71 Å². The van der Waals surface area contributed by atoms with Crippen LogP contribution in [0.25, 0.3) is 0 Å². The van der Waals surface area contributed by atoms with Crippen molar-refractivity contribution in [2.75, 3.05) is 6.54 Å². The normalized spacial score (nSPS) is 12.8. The third-order valence-corrected chi connectivity index (χ3v) is 5.91. The van der Waals surface area contributed by atoms with Crippen molar-refractivity contribution in [2.24, 2.45) is 5.73 Å². The van der Waals surface area contributed by atoms with Crippen molar-refractivity contribution < 1.29 is 8.42 Å². The lowest BCUT2D eigenvalue weighted by Gasteiger charge is -2.12. The summed E-state index contributed by atoms with van der Waals surface area (Å²) < 4.78 is 26.9. The third kappa shape index (κ3) is 7.41. The van der Waals surface area contributed by atoms with Gasteiger partial charge in [0.15, 0.2) is 0 Å². The molecule has 1 unspecified atom stereocenters. The van der Waals surface area contributed by atoms with E-state index in [2.05, 4.69) is 15.8 Å². The fourth-order valence-electron chi connectivity index (χ4n) is 2.69. The van der Waals surface area contributed by atoms with Gasteiger partial charge in [0.1, 0.15) is 0 Å². The first-order chi connectivity index (χ1) is 12.5. The van der Waals surface area contributed by atoms with E-state index in [0.717, 1.165) is 38.5 Å². The number of rotatable bonds is 11. The Balaban J connectivity index is 1.58. The molecule has 0 aliphatic heterocycles. The molecule has 1 aromatic carbocycles. The zero-order valence-corrected chi connectivity index (χ0v) is 16.3. The molecule has 3 N–H and O–H groups in total. The molecule has 1 aromatic heterocycles. The molecule has 26 heavy (non-hydrogen) atoms. The van der Waals surface area contributed by atoms with Crippen LogP contribution in [0.2, 0.25) is 5.02 Å². The zero-order chi connectivity index (χ0) is 18.8. The number of hydrogen-bond acceptors (Lipinski definition) is 4. The van der Waals surface area contributed by atoms with E-state index in [4.69, 9.17) is 17.3 Å². The number of nitrogens with two attached hydrogens (primary N) is 1. The summed E-state index contributed by atoms with van der Waals surface area (Å²) in [5, 5.41) is 0.515. The summed E-state index contributed by atoms with van der Waals surface area (Å²) in [6.07, 6.45) is 9.22. The van der Waals surface area contributed by atoms with Gasteiger partial charge in [0, 0.05) is 30.0 Å². The summed E-state index contributed by atoms with van der Waals surface area (Å²) in [6, 6.07) is 10.3. The lowest BCUT2D eigenvalue weighted by Crippen LogP contribution is -2.25. The van der Waals surface area contributed by atoms with E-state index in [-0.39, 0.29) is 10.9 Å². The van der Waals surface area contributed by atoms with Crippen LogP contribution in [0.15, 0.2) is 53.7 Å². The highest BCUT2D eigenvalue weighted by Gasteiger charge is 2.12.